The minimum atomic E-state index is -0.573. The molecule has 1 aliphatic rings. The average molecular weight is 447 g/mol. The first kappa shape index (κ1) is 22.8. The van der Waals surface area contributed by atoms with Gasteiger partial charge in [0.2, 0.25) is 6.79 Å². The van der Waals surface area contributed by atoms with Crippen LogP contribution in [-0.4, -0.2) is 12.8 Å². The van der Waals surface area contributed by atoms with E-state index < -0.39 is 11.6 Å². The smallest absolute Gasteiger partial charge is 0.344 e. The van der Waals surface area contributed by atoms with Gasteiger partial charge in [0.05, 0.1) is 5.56 Å². The predicted octanol–water partition coefficient (Wildman–Crippen LogP) is 6.12. The summed E-state index contributed by atoms with van der Waals surface area (Å²) in [6, 6.07) is 13.3. The molecule has 0 bridgehead atoms. The lowest BCUT2D eigenvalue weighted by atomic mass is 9.59. The summed E-state index contributed by atoms with van der Waals surface area (Å²) in [5.74, 6) is -0.143. The van der Waals surface area contributed by atoms with Crippen molar-refractivity contribution in [3.8, 4) is 16.9 Å². The van der Waals surface area contributed by atoms with Crippen molar-refractivity contribution in [3.05, 3.63) is 76.7 Å². The van der Waals surface area contributed by atoms with Crippen molar-refractivity contribution in [2.45, 2.75) is 52.4 Å². The van der Waals surface area contributed by atoms with Crippen molar-refractivity contribution in [2.24, 2.45) is 5.41 Å². The normalized spacial score (nSPS) is 17.4. The molecule has 0 radical (unpaired) electrons. The van der Waals surface area contributed by atoms with Gasteiger partial charge in [-0.3, -0.25) is 0 Å². The van der Waals surface area contributed by atoms with E-state index in [-0.39, 0.29) is 23.0 Å². The van der Waals surface area contributed by atoms with Crippen LogP contribution in [0.25, 0.3) is 22.1 Å². The molecule has 5 nitrogen and oxygen atoms in total. The highest BCUT2D eigenvalue weighted by molar-refractivity contribution is 5.83. The average Bonchev–Trinajstić information content (AvgIpc) is 2.87. The number of rotatable bonds is 5. The first-order valence-corrected chi connectivity index (χ1v) is 11.1. The van der Waals surface area contributed by atoms with E-state index in [1.165, 1.54) is 11.1 Å². The van der Waals surface area contributed by atoms with Gasteiger partial charge in [0.15, 0.2) is 0 Å². The second kappa shape index (κ2) is 7.62. The fraction of sp³-hybridized carbons (Fsp3) is 0.357. The fourth-order valence-electron chi connectivity index (χ4n) is 4.83. The van der Waals surface area contributed by atoms with Gasteiger partial charge >= 0.3 is 11.6 Å². The third kappa shape index (κ3) is 3.47. The Kier molecular flexibility index (Phi) is 5.27. The lowest BCUT2D eigenvalue weighted by Crippen LogP contribution is -2.42. The molecule has 0 fully saturated rings. The van der Waals surface area contributed by atoms with E-state index in [2.05, 4.69) is 60.3 Å². The molecule has 0 spiro atoms. The summed E-state index contributed by atoms with van der Waals surface area (Å²) in [4.78, 5) is 24.0. The van der Waals surface area contributed by atoms with Crippen LogP contribution in [0.15, 0.2) is 64.3 Å². The molecule has 0 N–H and O–H groups in total. The molecule has 0 aliphatic heterocycles. The van der Waals surface area contributed by atoms with E-state index in [1.807, 2.05) is 18.2 Å². The SMILES string of the molecule is C=CC(=O)OCOc1ccc2cc(-c3ccc4c(c3)C(C)(C)C(C)(C)C4(C)C)c(=O)oc2c1. The number of ether oxygens (including phenoxy) is 2. The molecule has 0 amide bonds. The molecule has 5 heteroatoms. The topological polar surface area (TPSA) is 65.7 Å². The molecule has 0 saturated carbocycles. The second-order valence-corrected chi connectivity index (χ2v) is 10.2. The number of fused-ring (bicyclic) bond motifs is 2. The van der Waals surface area contributed by atoms with E-state index in [9.17, 15) is 9.59 Å². The molecular weight excluding hydrogens is 416 g/mol. The van der Waals surface area contributed by atoms with Crippen molar-refractivity contribution in [1.82, 2.24) is 0 Å². The van der Waals surface area contributed by atoms with Crippen LogP contribution in [-0.2, 0) is 20.4 Å². The number of hydrogen-bond acceptors (Lipinski definition) is 5. The highest BCUT2D eigenvalue weighted by Crippen LogP contribution is 2.61. The molecular formula is C28H30O5. The van der Waals surface area contributed by atoms with Gasteiger partial charge in [-0.15, -0.1) is 0 Å². The summed E-state index contributed by atoms with van der Waals surface area (Å²) >= 11 is 0. The van der Waals surface area contributed by atoms with Gasteiger partial charge in [0.1, 0.15) is 11.3 Å². The molecule has 3 aromatic rings. The third-order valence-corrected chi connectivity index (χ3v) is 8.10. The van der Waals surface area contributed by atoms with Gasteiger partial charge in [0, 0.05) is 17.5 Å². The number of benzene rings is 2. The lowest BCUT2D eigenvalue weighted by molar-refractivity contribution is -0.144. The van der Waals surface area contributed by atoms with Crippen LogP contribution in [0.2, 0.25) is 0 Å². The molecule has 4 rings (SSSR count). The van der Waals surface area contributed by atoms with E-state index in [4.69, 9.17) is 13.9 Å². The Morgan fingerprint density at radius 1 is 0.970 bits per heavy atom. The van der Waals surface area contributed by atoms with Crippen LogP contribution in [0.3, 0.4) is 0 Å². The van der Waals surface area contributed by atoms with E-state index in [1.54, 1.807) is 12.1 Å². The summed E-state index contributed by atoms with van der Waals surface area (Å²) in [6.45, 7) is 16.9. The molecule has 0 saturated heterocycles. The summed E-state index contributed by atoms with van der Waals surface area (Å²) in [6.07, 6.45) is 1.06. The zero-order valence-corrected chi connectivity index (χ0v) is 20.1. The highest BCUT2D eigenvalue weighted by Gasteiger charge is 2.56. The third-order valence-electron chi connectivity index (χ3n) is 8.10. The zero-order chi connectivity index (χ0) is 24.2. The Hall–Kier alpha value is -3.34. The van der Waals surface area contributed by atoms with Gasteiger partial charge in [0.25, 0.3) is 0 Å². The summed E-state index contributed by atoms with van der Waals surface area (Å²) in [7, 11) is 0. The summed E-state index contributed by atoms with van der Waals surface area (Å²) in [5.41, 5.74) is 3.96. The van der Waals surface area contributed by atoms with Crippen LogP contribution in [0, 0.1) is 5.41 Å². The van der Waals surface area contributed by atoms with Crippen molar-refractivity contribution in [2.75, 3.05) is 6.79 Å². The quantitative estimate of drug-likeness (QED) is 0.204. The Bertz CT molecular complexity index is 1320. The zero-order valence-electron chi connectivity index (χ0n) is 20.1. The van der Waals surface area contributed by atoms with Crippen molar-refractivity contribution in [3.63, 3.8) is 0 Å². The van der Waals surface area contributed by atoms with Crippen LogP contribution < -0.4 is 10.4 Å². The van der Waals surface area contributed by atoms with Gasteiger partial charge < -0.3 is 13.9 Å². The van der Waals surface area contributed by atoms with Crippen LogP contribution in [0.4, 0.5) is 0 Å². The highest BCUT2D eigenvalue weighted by atomic mass is 16.7. The summed E-state index contributed by atoms with van der Waals surface area (Å²) < 4.78 is 15.8. The molecule has 1 aliphatic carbocycles. The van der Waals surface area contributed by atoms with E-state index >= 15 is 0 Å². The standard InChI is InChI=1S/C28H30O5/c1-8-24(29)32-16-31-19-11-9-18-13-20(25(30)33-23(18)15-19)17-10-12-21-22(14-17)27(4,5)28(6,7)26(21,2)3/h8-15H,1,16H2,2-7H3. The van der Waals surface area contributed by atoms with Crippen molar-refractivity contribution >= 4 is 16.9 Å². The van der Waals surface area contributed by atoms with E-state index in [0.717, 1.165) is 17.0 Å². The molecule has 0 unspecified atom stereocenters. The molecule has 172 valence electrons. The number of carbonyl (C=O) groups excluding carboxylic acids is 1. The maximum absolute atomic E-state index is 12.9. The molecule has 0 atom stereocenters. The maximum Gasteiger partial charge on any atom is 0.344 e. The molecule has 33 heavy (non-hydrogen) atoms. The Morgan fingerprint density at radius 3 is 2.36 bits per heavy atom. The fourth-order valence-corrected chi connectivity index (χ4v) is 4.83. The monoisotopic (exact) mass is 446 g/mol. The molecule has 2 aromatic carbocycles. The van der Waals surface area contributed by atoms with Crippen LogP contribution >= 0.6 is 0 Å². The van der Waals surface area contributed by atoms with Crippen LogP contribution in [0.5, 0.6) is 5.75 Å². The summed E-state index contributed by atoms with van der Waals surface area (Å²) in [5, 5.41) is 0.778. The Morgan fingerprint density at radius 2 is 1.67 bits per heavy atom. The van der Waals surface area contributed by atoms with Gasteiger partial charge in [-0.2, -0.15) is 0 Å². The first-order valence-electron chi connectivity index (χ1n) is 11.1. The van der Waals surface area contributed by atoms with Gasteiger partial charge in [-0.25, -0.2) is 9.59 Å². The maximum atomic E-state index is 12.9. The van der Waals surface area contributed by atoms with E-state index in [0.29, 0.717) is 16.9 Å². The van der Waals surface area contributed by atoms with Gasteiger partial charge in [-0.1, -0.05) is 66.3 Å². The molecule has 1 aromatic heterocycles. The second-order valence-electron chi connectivity index (χ2n) is 10.2. The first-order chi connectivity index (χ1) is 15.4. The largest absolute Gasteiger partial charge is 0.457 e. The Balaban J connectivity index is 1.71. The number of carbonyl (C=O) groups is 1. The number of esters is 1. The number of hydrogen-bond donors (Lipinski definition) is 0. The predicted molar refractivity (Wildman–Crippen MR) is 130 cm³/mol. The lowest BCUT2D eigenvalue weighted by Gasteiger charge is -2.44. The van der Waals surface area contributed by atoms with Crippen molar-refractivity contribution < 1.29 is 18.7 Å². The Labute approximate surface area is 194 Å². The van der Waals surface area contributed by atoms with Crippen molar-refractivity contribution in [1.29, 1.82) is 0 Å². The molecule has 1 heterocycles. The minimum absolute atomic E-state index is 0.00875. The van der Waals surface area contributed by atoms with Crippen LogP contribution in [0.1, 0.15) is 52.7 Å². The van der Waals surface area contributed by atoms with Gasteiger partial charge in [-0.05, 0) is 51.1 Å². The minimum Gasteiger partial charge on any atom is -0.457 e.